The Hall–Kier alpha value is -1.77. The average Bonchev–Trinajstić information content (AvgIpc) is 2.22. The van der Waals surface area contributed by atoms with Crippen LogP contribution in [0, 0.1) is 11.3 Å². The summed E-state index contributed by atoms with van der Waals surface area (Å²) in [6.07, 6.45) is 0. The summed E-state index contributed by atoms with van der Waals surface area (Å²) in [6.45, 7) is 4.36. The number of amidine groups is 1. The summed E-state index contributed by atoms with van der Waals surface area (Å²) in [5.41, 5.74) is 10.1. The van der Waals surface area contributed by atoms with E-state index in [0.29, 0.717) is 12.5 Å². The Balaban J connectivity index is 3.87. The number of aliphatic imine (C=N–C) groups is 1. The molecule has 0 aromatic rings. The van der Waals surface area contributed by atoms with E-state index in [1.54, 1.807) is 0 Å². The first-order valence-electron chi connectivity index (χ1n) is 5.20. The maximum atomic E-state index is 11.3. The van der Waals surface area contributed by atoms with Gasteiger partial charge in [0.2, 0.25) is 5.91 Å². The summed E-state index contributed by atoms with van der Waals surface area (Å²) >= 11 is 0.823. The first-order chi connectivity index (χ1) is 8.31. The maximum absolute atomic E-state index is 11.3. The van der Waals surface area contributed by atoms with Gasteiger partial charge in [0.15, 0.2) is 11.1 Å². The molecule has 0 aliphatic carbocycles. The van der Waals surface area contributed by atoms with E-state index in [9.17, 15) is 9.59 Å². The van der Waals surface area contributed by atoms with Crippen molar-refractivity contribution in [1.29, 1.82) is 5.41 Å². The molecule has 8 nitrogen and oxygen atoms in total. The molecule has 0 bridgehead atoms. The molecule has 0 aliphatic heterocycles. The second kappa shape index (κ2) is 8.34. The Morgan fingerprint density at radius 3 is 2.50 bits per heavy atom. The van der Waals surface area contributed by atoms with Gasteiger partial charge in [-0.25, -0.2) is 4.79 Å². The van der Waals surface area contributed by atoms with E-state index in [2.05, 4.69) is 15.6 Å². The van der Waals surface area contributed by atoms with Gasteiger partial charge in [-0.2, -0.15) is 4.99 Å². The fourth-order valence-electron chi connectivity index (χ4n) is 0.787. The summed E-state index contributed by atoms with van der Waals surface area (Å²) in [4.78, 5) is 25.9. The summed E-state index contributed by atoms with van der Waals surface area (Å²) in [5, 5.41) is 11.7. The summed E-state index contributed by atoms with van der Waals surface area (Å²) in [6, 6.07) is -0.553. The van der Waals surface area contributed by atoms with Gasteiger partial charge >= 0.3 is 6.03 Å². The van der Waals surface area contributed by atoms with Crippen LogP contribution in [0.25, 0.3) is 0 Å². The molecule has 0 heterocycles. The van der Waals surface area contributed by atoms with Crippen LogP contribution < -0.4 is 22.1 Å². The number of urea groups is 1. The van der Waals surface area contributed by atoms with Crippen molar-refractivity contribution in [2.75, 3.05) is 12.3 Å². The zero-order chi connectivity index (χ0) is 14.1. The van der Waals surface area contributed by atoms with E-state index in [0.717, 1.165) is 11.8 Å². The van der Waals surface area contributed by atoms with Crippen LogP contribution in [0.5, 0.6) is 0 Å². The van der Waals surface area contributed by atoms with E-state index in [1.807, 2.05) is 13.8 Å². The predicted octanol–water partition coefficient (Wildman–Crippen LogP) is -0.590. The van der Waals surface area contributed by atoms with Gasteiger partial charge in [-0.1, -0.05) is 25.6 Å². The van der Waals surface area contributed by atoms with Gasteiger partial charge < -0.3 is 16.8 Å². The molecule has 0 unspecified atom stereocenters. The number of carbonyl (C=O) groups excluding carboxylic acids is 2. The molecule has 0 radical (unpaired) electrons. The molecule has 102 valence electrons. The topological polar surface area (TPSA) is 146 Å². The van der Waals surface area contributed by atoms with Crippen LogP contribution in [0.1, 0.15) is 13.8 Å². The lowest BCUT2D eigenvalue weighted by molar-refractivity contribution is -0.117. The lowest BCUT2D eigenvalue weighted by Gasteiger charge is -2.08. The van der Waals surface area contributed by atoms with Crippen molar-refractivity contribution >= 4 is 34.8 Å². The number of carbonyl (C=O) groups is 2. The van der Waals surface area contributed by atoms with Crippen LogP contribution >= 0.6 is 11.8 Å². The lowest BCUT2D eigenvalue weighted by Crippen LogP contribution is -2.41. The second-order valence-corrected chi connectivity index (χ2v) is 4.75. The van der Waals surface area contributed by atoms with Crippen molar-refractivity contribution in [2.45, 2.75) is 13.8 Å². The van der Waals surface area contributed by atoms with Gasteiger partial charge in [0.05, 0.1) is 5.75 Å². The summed E-state index contributed by atoms with van der Waals surface area (Å²) in [5.74, 6) is -0.570. The highest BCUT2D eigenvalue weighted by molar-refractivity contribution is 8.14. The smallest absolute Gasteiger partial charge is 0.321 e. The van der Waals surface area contributed by atoms with Gasteiger partial charge in [0, 0.05) is 6.54 Å². The number of hydrogen-bond donors (Lipinski definition) is 5. The zero-order valence-corrected chi connectivity index (χ0v) is 11.1. The molecule has 0 spiro atoms. The van der Waals surface area contributed by atoms with E-state index in [1.165, 1.54) is 0 Å². The van der Waals surface area contributed by atoms with E-state index < -0.39 is 11.9 Å². The highest BCUT2D eigenvalue weighted by Crippen LogP contribution is 2.02. The number of nitrogens with one attached hydrogen (secondary N) is 3. The van der Waals surface area contributed by atoms with Crippen molar-refractivity contribution in [1.82, 2.24) is 10.6 Å². The summed E-state index contributed by atoms with van der Waals surface area (Å²) < 4.78 is 0. The van der Waals surface area contributed by atoms with Crippen molar-refractivity contribution in [3.05, 3.63) is 0 Å². The first-order valence-corrected chi connectivity index (χ1v) is 6.18. The predicted molar refractivity (Wildman–Crippen MR) is 72.4 cm³/mol. The Labute approximate surface area is 109 Å². The molecule has 18 heavy (non-hydrogen) atoms. The number of imide groups is 1. The molecule has 0 aromatic carbocycles. The van der Waals surface area contributed by atoms with Gasteiger partial charge in [-0.05, 0) is 5.92 Å². The van der Waals surface area contributed by atoms with Crippen molar-refractivity contribution < 1.29 is 9.59 Å². The highest BCUT2D eigenvalue weighted by atomic mass is 32.2. The average molecular weight is 274 g/mol. The number of nitrogens with zero attached hydrogens (tertiary/aromatic N) is 1. The van der Waals surface area contributed by atoms with Crippen molar-refractivity contribution in [2.24, 2.45) is 22.4 Å². The Bertz CT molecular complexity index is 351. The second-order valence-electron chi connectivity index (χ2n) is 3.78. The molecule has 0 fully saturated rings. The minimum atomic E-state index is -0.553. The Morgan fingerprint density at radius 1 is 1.39 bits per heavy atom. The third-order valence-electron chi connectivity index (χ3n) is 1.49. The van der Waals surface area contributed by atoms with Crippen LogP contribution in [0.15, 0.2) is 4.99 Å². The SMILES string of the molecule is CC(C)CNC(=O)NC(=O)CSC(=N)N=C(N)N. The van der Waals surface area contributed by atoms with Crippen molar-refractivity contribution in [3.8, 4) is 0 Å². The molecule has 0 saturated heterocycles. The quantitative estimate of drug-likeness (QED) is 0.343. The van der Waals surface area contributed by atoms with Crippen LogP contribution in [0.2, 0.25) is 0 Å². The number of amides is 3. The number of guanidine groups is 1. The molecule has 0 atom stereocenters. The molecular weight excluding hydrogens is 256 g/mol. The molecular formula is C9H18N6O2S. The van der Waals surface area contributed by atoms with Crippen molar-refractivity contribution in [3.63, 3.8) is 0 Å². The highest BCUT2D eigenvalue weighted by Gasteiger charge is 2.09. The van der Waals surface area contributed by atoms with Crippen LogP contribution in [0.4, 0.5) is 4.79 Å². The number of hydrogen-bond acceptors (Lipinski definition) is 4. The third-order valence-corrected chi connectivity index (χ3v) is 2.27. The van der Waals surface area contributed by atoms with Gasteiger partial charge in [0.25, 0.3) is 0 Å². The standard InChI is InChI=1S/C9H18N6O2S/c1-5(2)3-13-9(17)14-6(16)4-18-8(12)15-7(10)11/h5H,3-4H2,1-2H3,(H5,10,11,12,15)(H2,13,14,16,17). The minimum Gasteiger partial charge on any atom is -0.370 e. The summed E-state index contributed by atoms with van der Waals surface area (Å²) in [7, 11) is 0. The Kier molecular flexibility index (Phi) is 7.52. The monoisotopic (exact) mass is 274 g/mol. The van der Waals surface area contributed by atoms with E-state index in [4.69, 9.17) is 16.9 Å². The molecule has 9 heteroatoms. The Morgan fingerprint density at radius 2 is 2.00 bits per heavy atom. The molecule has 0 rings (SSSR count). The number of nitrogens with two attached hydrogens (primary N) is 2. The van der Waals surface area contributed by atoms with Crippen LogP contribution in [-0.4, -0.2) is 35.4 Å². The van der Waals surface area contributed by atoms with Crippen LogP contribution in [-0.2, 0) is 4.79 Å². The van der Waals surface area contributed by atoms with E-state index in [-0.39, 0.29) is 16.9 Å². The molecule has 0 aliphatic rings. The fraction of sp³-hybridized carbons (Fsp3) is 0.556. The van der Waals surface area contributed by atoms with Crippen LogP contribution in [0.3, 0.4) is 0 Å². The lowest BCUT2D eigenvalue weighted by atomic mass is 10.2. The molecule has 7 N–H and O–H groups in total. The normalized spacial score (nSPS) is 9.72. The largest absolute Gasteiger partial charge is 0.370 e. The minimum absolute atomic E-state index is 0.106. The zero-order valence-electron chi connectivity index (χ0n) is 10.3. The molecule has 0 aromatic heterocycles. The molecule has 3 amide bonds. The van der Waals surface area contributed by atoms with Gasteiger partial charge in [0.1, 0.15) is 0 Å². The van der Waals surface area contributed by atoms with E-state index >= 15 is 0 Å². The first kappa shape index (κ1) is 16.2. The number of thioether (sulfide) groups is 1. The van der Waals surface area contributed by atoms with Gasteiger partial charge in [-0.3, -0.25) is 15.5 Å². The fourth-order valence-corrected chi connectivity index (χ4v) is 1.30. The maximum Gasteiger partial charge on any atom is 0.321 e. The van der Waals surface area contributed by atoms with Gasteiger partial charge in [-0.15, -0.1) is 0 Å². The third kappa shape index (κ3) is 9.46. The molecule has 0 saturated carbocycles. The number of rotatable bonds is 4.